The molecule has 0 aliphatic heterocycles. The maximum Gasteiger partial charge on any atom is 0.226 e. The molecule has 0 radical (unpaired) electrons. The SMILES string of the molecule is CN(CC1CC(Cl)C1)C(=O)C1C2CCCCC21. The zero-order valence-electron chi connectivity index (χ0n) is 10.6. The summed E-state index contributed by atoms with van der Waals surface area (Å²) in [5, 5.41) is 0.368. The molecular weight excluding hydrogens is 234 g/mol. The number of alkyl halides is 1. The lowest BCUT2D eigenvalue weighted by molar-refractivity contribution is -0.132. The van der Waals surface area contributed by atoms with Crippen LogP contribution in [0.5, 0.6) is 0 Å². The van der Waals surface area contributed by atoms with Gasteiger partial charge in [0.2, 0.25) is 5.91 Å². The van der Waals surface area contributed by atoms with E-state index in [-0.39, 0.29) is 0 Å². The number of halogens is 1. The van der Waals surface area contributed by atoms with Gasteiger partial charge in [0.05, 0.1) is 0 Å². The second kappa shape index (κ2) is 4.46. The Balaban J connectivity index is 1.49. The standard InChI is InChI=1S/C14H22ClNO/c1-16(8-9-6-10(15)7-9)14(17)13-11-4-2-3-5-12(11)13/h9-13H,2-8H2,1H3. The van der Waals surface area contributed by atoms with E-state index in [1.807, 2.05) is 11.9 Å². The van der Waals surface area contributed by atoms with Crippen molar-refractivity contribution in [3.05, 3.63) is 0 Å². The third-order valence-corrected chi connectivity index (χ3v) is 5.38. The smallest absolute Gasteiger partial charge is 0.226 e. The van der Waals surface area contributed by atoms with Gasteiger partial charge >= 0.3 is 0 Å². The van der Waals surface area contributed by atoms with Gasteiger partial charge in [0.1, 0.15) is 0 Å². The molecule has 0 heterocycles. The van der Waals surface area contributed by atoms with E-state index >= 15 is 0 Å². The van der Waals surface area contributed by atoms with E-state index in [0.29, 0.717) is 23.1 Å². The Bertz CT molecular complexity index is 301. The molecule has 1 amide bonds. The van der Waals surface area contributed by atoms with E-state index < -0.39 is 0 Å². The number of hydrogen-bond donors (Lipinski definition) is 0. The lowest BCUT2D eigenvalue weighted by Crippen LogP contribution is -2.38. The number of fused-ring (bicyclic) bond motifs is 1. The highest BCUT2D eigenvalue weighted by Crippen LogP contribution is 2.56. The molecule has 3 rings (SSSR count). The van der Waals surface area contributed by atoms with Crippen molar-refractivity contribution in [2.24, 2.45) is 23.7 Å². The second-order valence-electron chi connectivity index (χ2n) is 6.29. The van der Waals surface area contributed by atoms with Gasteiger partial charge in [0.25, 0.3) is 0 Å². The van der Waals surface area contributed by atoms with Crippen LogP contribution in [-0.2, 0) is 4.79 Å². The van der Waals surface area contributed by atoms with Gasteiger partial charge in [-0.3, -0.25) is 4.79 Å². The predicted molar refractivity (Wildman–Crippen MR) is 68.9 cm³/mol. The first-order valence-electron chi connectivity index (χ1n) is 7.06. The molecule has 2 nitrogen and oxygen atoms in total. The molecule has 3 aliphatic rings. The average molecular weight is 256 g/mol. The van der Waals surface area contributed by atoms with E-state index in [4.69, 9.17) is 11.6 Å². The lowest BCUT2D eigenvalue weighted by atomic mass is 9.84. The van der Waals surface area contributed by atoms with Crippen molar-refractivity contribution in [3.63, 3.8) is 0 Å². The molecule has 0 aromatic rings. The molecule has 0 spiro atoms. The number of carbonyl (C=O) groups excluding carboxylic acids is 1. The van der Waals surface area contributed by atoms with Crippen molar-refractivity contribution in [1.82, 2.24) is 4.90 Å². The molecule has 2 atom stereocenters. The van der Waals surface area contributed by atoms with E-state index in [1.54, 1.807) is 0 Å². The molecule has 0 aromatic carbocycles. The molecule has 2 unspecified atom stereocenters. The van der Waals surface area contributed by atoms with Gasteiger partial charge in [-0.2, -0.15) is 0 Å². The summed E-state index contributed by atoms with van der Waals surface area (Å²) >= 11 is 5.98. The van der Waals surface area contributed by atoms with Crippen LogP contribution in [0.15, 0.2) is 0 Å². The Morgan fingerprint density at radius 3 is 2.35 bits per heavy atom. The predicted octanol–water partition coefficient (Wildman–Crippen LogP) is 2.90. The quantitative estimate of drug-likeness (QED) is 0.710. The summed E-state index contributed by atoms with van der Waals surface area (Å²) in [5.74, 6) is 2.93. The fourth-order valence-corrected chi connectivity index (χ4v) is 4.40. The summed E-state index contributed by atoms with van der Waals surface area (Å²) < 4.78 is 0. The van der Waals surface area contributed by atoms with Crippen LogP contribution in [0.4, 0.5) is 0 Å². The van der Waals surface area contributed by atoms with Gasteiger partial charge in [-0.15, -0.1) is 11.6 Å². The van der Waals surface area contributed by atoms with Gasteiger partial charge in [0.15, 0.2) is 0 Å². The van der Waals surface area contributed by atoms with Gasteiger partial charge in [-0.25, -0.2) is 0 Å². The summed E-state index contributed by atoms with van der Waals surface area (Å²) in [4.78, 5) is 14.3. The minimum absolute atomic E-state index is 0.368. The molecule has 0 bridgehead atoms. The fourth-order valence-electron chi connectivity index (χ4n) is 3.89. The number of rotatable bonds is 3. The van der Waals surface area contributed by atoms with Crippen LogP contribution < -0.4 is 0 Å². The maximum atomic E-state index is 12.3. The van der Waals surface area contributed by atoms with E-state index in [0.717, 1.165) is 31.2 Å². The second-order valence-corrected chi connectivity index (χ2v) is 6.91. The topological polar surface area (TPSA) is 20.3 Å². The number of hydrogen-bond acceptors (Lipinski definition) is 1. The first-order chi connectivity index (χ1) is 8.16. The molecular formula is C14H22ClNO. The van der Waals surface area contributed by atoms with E-state index in [2.05, 4.69) is 0 Å². The van der Waals surface area contributed by atoms with Crippen LogP contribution in [0.2, 0.25) is 0 Å². The highest BCUT2D eigenvalue weighted by atomic mass is 35.5. The van der Waals surface area contributed by atoms with Gasteiger partial charge in [0, 0.05) is 24.9 Å². The van der Waals surface area contributed by atoms with Gasteiger partial charge in [-0.1, -0.05) is 12.8 Å². The van der Waals surface area contributed by atoms with Gasteiger partial charge in [-0.05, 0) is 43.4 Å². The molecule has 3 fully saturated rings. The summed E-state index contributed by atoms with van der Waals surface area (Å²) in [6, 6.07) is 0. The van der Waals surface area contributed by atoms with E-state index in [9.17, 15) is 4.79 Å². The van der Waals surface area contributed by atoms with Crippen molar-refractivity contribution in [3.8, 4) is 0 Å². The Morgan fingerprint density at radius 2 is 1.82 bits per heavy atom. The number of nitrogens with zero attached hydrogens (tertiary/aromatic N) is 1. The Labute approximate surface area is 109 Å². The van der Waals surface area contributed by atoms with Crippen LogP contribution >= 0.6 is 11.6 Å². The van der Waals surface area contributed by atoms with Crippen molar-refractivity contribution >= 4 is 17.5 Å². The van der Waals surface area contributed by atoms with E-state index in [1.165, 1.54) is 25.7 Å². The average Bonchev–Trinajstić information content (AvgIpc) is 3.00. The third-order valence-electron chi connectivity index (χ3n) is 5.03. The molecule has 0 saturated heterocycles. The molecule has 0 aromatic heterocycles. The summed E-state index contributed by atoms with van der Waals surface area (Å²) in [7, 11) is 1.98. The van der Waals surface area contributed by atoms with Crippen molar-refractivity contribution < 1.29 is 4.79 Å². The molecule has 96 valence electrons. The fraction of sp³-hybridized carbons (Fsp3) is 0.929. The van der Waals surface area contributed by atoms with Crippen LogP contribution in [0.25, 0.3) is 0 Å². The normalized spacial score (nSPS) is 43.5. The lowest BCUT2D eigenvalue weighted by Gasteiger charge is -2.34. The van der Waals surface area contributed by atoms with Crippen LogP contribution in [-0.4, -0.2) is 29.8 Å². The Kier molecular flexibility index (Phi) is 3.10. The number of carbonyl (C=O) groups is 1. The zero-order valence-corrected chi connectivity index (χ0v) is 11.3. The first-order valence-corrected chi connectivity index (χ1v) is 7.49. The maximum absolute atomic E-state index is 12.3. The largest absolute Gasteiger partial charge is 0.345 e. The molecule has 3 aliphatic carbocycles. The zero-order chi connectivity index (χ0) is 12.0. The molecule has 3 heteroatoms. The van der Waals surface area contributed by atoms with Gasteiger partial charge < -0.3 is 4.90 Å². The Morgan fingerprint density at radius 1 is 1.24 bits per heavy atom. The minimum Gasteiger partial charge on any atom is -0.345 e. The summed E-state index contributed by atoms with van der Waals surface area (Å²) in [5.41, 5.74) is 0. The molecule has 3 saturated carbocycles. The Hall–Kier alpha value is -0.240. The highest BCUT2D eigenvalue weighted by Gasteiger charge is 2.55. The van der Waals surface area contributed by atoms with Crippen molar-refractivity contribution in [1.29, 1.82) is 0 Å². The summed E-state index contributed by atoms with van der Waals surface area (Å²) in [6.45, 7) is 0.929. The van der Waals surface area contributed by atoms with Crippen LogP contribution in [0.1, 0.15) is 38.5 Å². The molecule has 0 N–H and O–H groups in total. The van der Waals surface area contributed by atoms with Crippen molar-refractivity contribution in [2.75, 3.05) is 13.6 Å². The molecule has 17 heavy (non-hydrogen) atoms. The number of amides is 1. The monoisotopic (exact) mass is 255 g/mol. The highest BCUT2D eigenvalue weighted by molar-refractivity contribution is 6.21. The van der Waals surface area contributed by atoms with Crippen LogP contribution in [0, 0.1) is 23.7 Å². The van der Waals surface area contributed by atoms with Crippen molar-refractivity contribution in [2.45, 2.75) is 43.9 Å². The third kappa shape index (κ3) is 2.21. The van der Waals surface area contributed by atoms with Crippen LogP contribution in [0.3, 0.4) is 0 Å². The first kappa shape index (κ1) is 11.8. The summed E-state index contributed by atoms with van der Waals surface area (Å²) in [6.07, 6.45) is 7.45. The minimum atomic E-state index is 0.368.